The first-order valence-corrected chi connectivity index (χ1v) is 7.98. The molecule has 1 fully saturated rings. The molecule has 0 saturated heterocycles. The van der Waals surface area contributed by atoms with Crippen molar-refractivity contribution in [3.05, 3.63) is 29.1 Å². The average molecular weight is 316 g/mol. The topological polar surface area (TPSA) is 88.9 Å². The van der Waals surface area contributed by atoms with Crippen molar-refractivity contribution in [2.45, 2.75) is 32.4 Å². The molecule has 4 rings (SSSR count). The summed E-state index contributed by atoms with van der Waals surface area (Å²) in [5, 5.41) is 11.0. The van der Waals surface area contributed by atoms with Gasteiger partial charge in [-0.25, -0.2) is 4.98 Å². The number of fused-ring (bicyclic) bond motifs is 1. The highest BCUT2D eigenvalue weighted by atomic mass is 16.5. The van der Waals surface area contributed by atoms with Crippen LogP contribution in [-0.2, 0) is 31.4 Å². The van der Waals surface area contributed by atoms with Gasteiger partial charge in [-0.05, 0) is 18.8 Å². The van der Waals surface area contributed by atoms with Crippen molar-refractivity contribution in [1.82, 2.24) is 29.9 Å². The summed E-state index contributed by atoms with van der Waals surface area (Å²) in [5.74, 6) is 0.893. The molecule has 1 aliphatic carbocycles. The van der Waals surface area contributed by atoms with Gasteiger partial charge < -0.3 is 9.64 Å². The lowest BCUT2D eigenvalue weighted by molar-refractivity contribution is 0.0717. The van der Waals surface area contributed by atoms with Gasteiger partial charge in [0, 0.05) is 44.4 Å². The molecular weight excluding hydrogens is 296 g/mol. The zero-order valence-corrected chi connectivity index (χ0v) is 13.2. The fourth-order valence-electron chi connectivity index (χ4n) is 3.02. The van der Waals surface area contributed by atoms with Crippen molar-refractivity contribution in [2.24, 2.45) is 13.0 Å². The second-order valence-electron chi connectivity index (χ2n) is 6.26. The van der Waals surface area contributed by atoms with Gasteiger partial charge in [-0.1, -0.05) is 0 Å². The highest BCUT2D eigenvalue weighted by Crippen LogP contribution is 2.29. The zero-order valence-electron chi connectivity index (χ0n) is 13.2. The molecule has 0 bridgehead atoms. The minimum Gasteiger partial charge on any atom is -0.375 e. The van der Waals surface area contributed by atoms with Gasteiger partial charge in [-0.15, -0.1) is 0 Å². The van der Waals surface area contributed by atoms with Crippen molar-refractivity contribution >= 4 is 5.91 Å². The van der Waals surface area contributed by atoms with E-state index in [1.807, 2.05) is 11.7 Å². The van der Waals surface area contributed by atoms with Crippen LogP contribution in [-0.4, -0.2) is 48.9 Å². The zero-order chi connectivity index (χ0) is 15.8. The molecule has 1 amide bonds. The molecule has 8 nitrogen and oxygen atoms in total. The lowest BCUT2D eigenvalue weighted by Crippen LogP contribution is -2.37. The Morgan fingerprint density at radius 3 is 3.09 bits per heavy atom. The molecule has 2 aliphatic rings. The fourth-order valence-corrected chi connectivity index (χ4v) is 3.02. The van der Waals surface area contributed by atoms with Crippen LogP contribution in [0.1, 0.15) is 40.4 Å². The van der Waals surface area contributed by atoms with Crippen LogP contribution < -0.4 is 0 Å². The quantitative estimate of drug-likeness (QED) is 0.875. The molecule has 2 aromatic heterocycles. The van der Waals surface area contributed by atoms with Gasteiger partial charge >= 0.3 is 0 Å². The standard InChI is InChI=1S/C15H20N6O2/c1-20-13-4-5-21(15(22)14-16-9-17-18-14)6-11(13)12(19-20)8-23-7-10-2-3-10/h9-10H,2-8H2,1H3,(H,16,17,18). The minimum absolute atomic E-state index is 0.123. The Labute approximate surface area is 133 Å². The van der Waals surface area contributed by atoms with E-state index in [4.69, 9.17) is 4.74 Å². The number of hydrogen-bond acceptors (Lipinski definition) is 5. The lowest BCUT2D eigenvalue weighted by atomic mass is 10.1. The number of carbonyl (C=O) groups excluding carboxylic acids is 1. The monoisotopic (exact) mass is 316 g/mol. The smallest absolute Gasteiger partial charge is 0.291 e. The normalized spacial score (nSPS) is 17.3. The number of carbonyl (C=O) groups is 1. The number of H-pyrrole nitrogens is 1. The van der Waals surface area contributed by atoms with Crippen molar-refractivity contribution in [1.29, 1.82) is 0 Å². The Bertz CT molecular complexity index is 704. The van der Waals surface area contributed by atoms with Crippen LogP contribution in [0, 0.1) is 5.92 Å². The van der Waals surface area contributed by atoms with Crippen molar-refractivity contribution in [2.75, 3.05) is 13.2 Å². The van der Waals surface area contributed by atoms with Gasteiger partial charge in [0.1, 0.15) is 6.33 Å². The second-order valence-corrected chi connectivity index (χ2v) is 6.26. The van der Waals surface area contributed by atoms with Gasteiger partial charge in [0.25, 0.3) is 5.91 Å². The number of nitrogens with zero attached hydrogens (tertiary/aromatic N) is 5. The van der Waals surface area contributed by atoms with E-state index in [-0.39, 0.29) is 11.7 Å². The van der Waals surface area contributed by atoms with Gasteiger partial charge in [0.2, 0.25) is 5.82 Å². The number of aromatic nitrogens is 5. The molecule has 1 N–H and O–H groups in total. The molecule has 1 saturated carbocycles. The Morgan fingerprint density at radius 1 is 1.48 bits per heavy atom. The molecule has 0 unspecified atom stereocenters. The lowest BCUT2D eigenvalue weighted by Gasteiger charge is -2.26. The van der Waals surface area contributed by atoms with Crippen LogP contribution in [0.5, 0.6) is 0 Å². The van der Waals surface area contributed by atoms with E-state index in [1.54, 1.807) is 4.90 Å². The van der Waals surface area contributed by atoms with E-state index in [2.05, 4.69) is 20.3 Å². The van der Waals surface area contributed by atoms with Crippen LogP contribution in [0.4, 0.5) is 0 Å². The van der Waals surface area contributed by atoms with Gasteiger partial charge in [-0.3, -0.25) is 14.6 Å². The van der Waals surface area contributed by atoms with Crippen molar-refractivity contribution < 1.29 is 9.53 Å². The maximum atomic E-state index is 12.4. The van der Waals surface area contributed by atoms with Crippen LogP contribution in [0.2, 0.25) is 0 Å². The molecule has 23 heavy (non-hydrogen) atoms. The van der Waals surface area contributed by atoms with E-state index < -0.39 is 0 Å². The van der Waals surface area contributed by atoms with E-state index in [0.717, 1.165) is 30.2 Å². The Balaban J connectivity index is 1.49. The predicted molar refractivity (Wildman–Crippen MR) is 80.4 cm³/mol. The summed E-state index contributed by atoms with van der Waals surface area (Å²) in [4.78, 5) is 18.2. The second kappa shape index (κ2) is 5.77. The number of nitrogens with one attached hydrogen (secondary N) is 1. The van der Waals surface area contributed by atoms with Crippen molar-refractivity contribution in [3.63, 3.8) is 0 Å². The molecule has 0 radical (unpaired) electrons. The summed E-state index contributed by atoms with van der Waals surface area (Å²) in [6, 6.07) is 0. The molecule has 3 heterocycles. The van der Waals surface area contributed by atoms with E-state index in [1.165, 1.54) is 24.9 Å². The Kier molecular flexibility index (Phi) is 3.60. The summed E-state index contributed by atoms with van der Waals surface area (Å²) in [6.07, 6.45) is 4.70. The first-order valence-electron chi connectivity index (χ1n) is 7.98. The Morgan fingerprint density at radius 2 is 2.35 bits per heavy atom. The number of ether oxygens (including phenoxy) is 1. The van der Waals surface area contributed by atoms with Gasteiger partial charge in [0.05, 0.1) is 12.3 Å². The van der Waals surface area contributed by atoms with E-state index in [0.29, 0.717) is 19.7 Å². The van der Waals surface area contributed by atoms with Gasteiger partial charge in [0.15, 0.2) is 0 Å². The third-order valence-electron chi connectivity index (χ3n) is 4.52. The van der Waals surface area contributed by atoms with E-state index >= 15 is 0 Å². The summed E-state index contributed by atoms with van der Waals surface area (Å²) in [6.45, 7) is 2.54. The average Bonchev–Trinajstić information content (AvgIpc) is 3.11. The SMILES string of the molecule is Cn1nc(COCC2CC2)c2c1CCN(C(=O)c1ncn[nH]1)C2. The molecule has 2 aromatic rings. The highest BCUT2D eigenvalue weighted by Gasteiger charge is 2.28. The van der Waals surface area contributed by atoms with Crippen LogP contribution in [0.25, 0.3) is 0 Å². The van der Waals surface area contributed by atoms with Crippen molar-refractivity contribution in [3.8, 4) is 0 Å². The Hall–Kier alpha value is -2.22. The molecule has 122 valence electrons. The molecule has 0 atom stereocenters. The molecule has 0 spiro atoms. The maximum absolute atomic E-state index is 12.4. The molecule has 8 heteroatoms. The maximum Gasteiger partial charge on any atom is 0.291 e. The molecular formula is C15H20N6O2. The van der Waals surface area contributed by atoms with Gasteiger partial charge in [-0.2, -0.15) is 10.2 Å². The van der Waals surface area contributed by atoms with Crippen LogP contribution in [0.3, 0.4) is 0 Å². The summed E-state index contributed by atoms with van der Waals surface area (Å²) >= 11 is 0. The first-order chi connectivity index (χ1) is 11.2. The predicted octanol–water partition coefficient (Wildman–Crippen LogP) is 0.663. The van der Waals surface area contributed by atoms with Crippen LogP contribution in [0.15, 0.2) is 6.33 Å². The number of rotatable bonds is 5. The highest BCUT2D eigenvalue weighted by molar-refractivity contribution is 5.90. The largest absolute Gasteiger partial charge is 0.375 e. The molecule has 0 aromatic carbocycles. The third kappa shape index (κ3) is 2.86. The van der Waals surface area contributed by atoms with Crippen LogP contribution >= 0.6 is 0 Å². The number of aromatic amines is 1. The minimum atomic E-state index is -0.123. The fraction of sp³-hybridized carbons (Fsp3) is 0.600. The summed E-state index contributed by atoms with van der Waals surface area (Å²) in [7, 11) is 1.96. The third-order valence-corrected chi connectivity index (χ3v) is 4.52. The first kappa shape index (κ1) is 14.4. The summed E-state index contributed by atoms with van der Waals surface area (Å²) < 4.78 is 7.70. The number of amides is 1. The number of hydrogen-bond donors (Lipinski definition) is 1. The molecule has 1 aliphatic heterocycles. The van der Waals surface area contributed by atoms with E-state index in [9.17, 15) is 4.79 Å². The summed E-state index contributed by atoms with van der Waals surface area (Å²) in [5.41, 5.74) is 3.25. The number of aryl methyl sites for hydroxylation is 1.